The zero-order chi connectivity index (χ0) is 10.8. The highest BCUT2D eigenvalue weighted by Crippen LogP contribution is 2.17. The van der Waals surface area contributed by atoms with Crippen LogP contribution < -0.4 is 0 Å². The van der Waals surface area contributed by atoms with Gasteiger partial charge in [-0.3, -0.25) is 0 Å². The van der Waals surface area contributed by atoms with Gasteiger partial charge in [0.05, 0.1) is 6.20 Å². The summed E-state index contributed by atoms with van der Waals surface area (Å²) in [6.45, 7) is 5.52. The smallest absolute Gasteiger partial charge is 0.292 e. The van der Waals surface area contributed by atoms with Gasteiger partial charge in [-0.15, -0.1) is 0 Å². The maximum atomic E-state index is 11.5. The number of rotatable bonds is 2. The molecule has 0 saturated carbocycles. The van der Waals surface area contributed by atoms with Crippen LogP contribution in [0.2, 0.25) is 5.35 Å². The molecule has 0 bridgehead atoms. The predicted octanol–water partition coefficient (Wildman–Crippen LogP) is 2.21. The fraction of sp³-hybridized carbons (Fsp3) is 0.500. The first-order chi connectivity index (χ1) is 6.39. The molecule has 0 amide bonds. The molecule has 0 saturated heterocycles. The summed E-state index contributed by atoms with van der Waals surface area (Å²) >= 11 is 4.16. The van der Waals surface area contributed by atoms with Crippen LogP contribution in [-0.4, -0.2) is 20.5 Å². The summed E-state index contributed by atoms with van der Waals surface area (Å²) in [7, 11) is 0. The van der Waals surface area contributed by atoms with E-state index < -0.39 is 11.4 Å². The molecule has 0 N–H and O–H groups in total. The van der Waals surface area contributed by atoms with Crippen molar-refractivity contribution in [1.29, 1.82) is 0 Å². The van der Waals surface area contributed by atoms with Crippen molar-refractivity contribution in [2.24, 2.45) is 4.40 Å². The summed E-state index contributed by atoms with van der Waals surface area (Å²) in [6, 6.07) is 0. The van der Waals surface area contributed by atoms with E-state index in [0.717, 1.165) is 0 Å². The molecule has 14 heavy (non-hydrogen) atoms. The Morgan fingerprint density at radius 3 is 2.71 bits per heavy atom. The molecule has 0 fully saturated rings. The largest absolute Gasteiger partial charge is 0.591 e. The van der Waals surface area contributed by atoms with Crippen LogP contribution in [0.3, 0.4) is 0 Å². The van der Waals surface area contributed by atoms with E-state index in [9.17, 15) is 4.55 Å². The molecule has 0 aliphatic heterocycles. The maximum Gasteiger partial charge on any atom is 0.292 e. The Bertz CT molecular complexity index is 332. The van der Waals surface area contributed by atoms with Crippen LogP contribution in [0.5, 0.6) is 0 Å². The molecule has 1 aromatic heterocycles. The molecule has 1 atom stereocenters. The lowest BCUT2D eigenvalue weighted by atomic mass is 10.3. The highest BCUT2D eigenvalue weighted by Gasteiger charge is 2.25. The molecule has 1 unspecified atom stereocenters. The Morgan fingerprint density at radius 1 is 1.64 bits per heavy atom. The first kappa shape index (κ1) is 11.6. The minimum Gasteiger partial charge on any atom is -0.591 e. The van der Waals surface area contributed by atoms with Crippen LogP contribution in [0, 0.1) is 0 Å². The number of hydrogen-bond acceptors (Lipinski definition) is 4. The maximum absolute atomic E-state index is 11.5. The van der Waals surface area contributed by atoms with Crippen molar-refractivity contribution in [1.82, 2.24) is 4.98 Å². The minimum absolute atomic E-state index is 0.0491. The number of hydrogen-bond donors (Lipinski definition) is 0. The quantitative estimate of drug-likeness (QED) is 0.582. The molecular formula is C8H11ClN2O2S. The standard InChI is InChI=1S/C8H11ClN2O2S/c1-8(2,3)14(12)11-5-6-4-10-7(9)13-6/h4-5H,1-3H3. The van der Waals surface area contributed by atoms with Gasteiger partial charge in [0.2, 0.25) is 0 Å². The van der Waals surface area contributed by atoms with Gasteiger partial charge in [0, 0.05) is 0 Å². The van der Waals surface area contributed by atoms with Crippen LogP contribution in [0.1, 0.15) is 26.5 Å². The summed E-state index contributed by atoms with van der Waals surface area (Å²) in [5, 5.41) is 0.0491. The Balaban J connectivity index is 2.65. The normalized spacial score (nSPS) is 14.9. The van der Waals surface area contributed by atoms with E-state index >= 15 is 0 Å². The van der Waals surface area contributed by atoms with E-state index in [1.165, 1.54) is 12.4 Å². The van der Waals surface area contributed by atoms with Gasteiger partial charge in [0.25, 0.3) is 5.35 Å². The van der Waals surface area contributed by atoms with Gasteiger partial charge in [-0.25, -0.2) is 4.98 Å². The number of halogens is 1. The zero-order valence-corrected chi connectivity index (χ0v) is 9.72. The predicted molar refractivity (Wildman–Crippen MR) is 57.0 cm³/mol. The molecule has 6 heteroatoms. The van der Waals surface area contributed by atoms with Crippen LogP contribution in [0.15, 0.2) is 15.0 Å². The fourth-order valence-corrected chi connectivity index (χ4v) is 1.24. The van der Waals surface area contributed by atoms with Gasteiger partial charge >= 0.3 is 0 Å². The van der Waals surface area contributed by atoms with Crippen molar-refractivity contribution in [2.45, 2.75) is 25.5 Å². The molecule has 0 aliphatic carbocycles. The summed E-state index contributed by atoms with van der Waals surface area (Å²) < 4.78 is 19.8. The second-order valence-corrected chi connectivity index (χ2v) is 5.87. The van der Waals surface area contributed by atoms with Gasteiger partial charge < -0.3 is 8.97 Å². The molecular weight excluding hydrogens is 224 g/mol. The van der Waals surface area contributed by atoms with Crippen molar-refractivity contribution in [3.8, 4) is 0 Å². The first-order valence-electron chi connectivity index (χ1n) is 3.97. The summed E-state index contributed by atoms with van der Waals surface area (Å²) in [4.78, 5) is 3.67. The van der Waals surface area contributed by atoms with E-state index in [1.807, 2.05) is 20.8 Å². The fourth-order valence-electron chi connectivity index (χ4n) is 0.582. The topological polar surface area (TPSA) is 61.5 Å². The van der Waals surface area contributed by atoms with Crippen LogP contribution in [0.25, 0.3) is 0 Å². The van der Waals surface area contributed by atoms with E-state index in [2.05, 4.69) is 9.38 Å². The molecule has 4 nitrogen and oxygen atoms in total. The summed E-state index contributed by atoms with van der Waals surface area (Å²) in [5.41, 5.74) is 0. The summed E-state index contributed by atoms with van der Waals surface area (Å²) in [5.74, 6) is 0.396. The molecule has 78 valence electrons. The second kappa shape index (κ2) is 4.33. The van der Waals surface area contributed by atoms with Gasteiger partial charge in [-0.05, 0) is 32.4 Å². The lowest BCUT2D eigenvalue weighted by molar-refractivity contribution is 0.551. The molecule has 0 spiro atoms. The van der Waals surface area contributed by atoms with Crippen molar-refractivity contribution in [3.05, 3.63) is 17.3 Å². The van der Waals surface area contributed by atoms with Gasteiger partial charge in [0.15, 0.2) is 5.76 Å². The Morgan fingerprint density at radius 2 is 2.29 bits per heavy atom. The van der Waals surface area contributed by atoms with Gasteiger partial charge in [-0.1, -0.05) is 4.40 Å². The third-order valence-electron chi connectivity index (χ3n) is 1.29. The van der Waals surface area contributed by atoms with Crippen molar-refractivity contribution in [2.75, 3.05) is 0 Å². The van der Waals surface area contributed by atoms with Crippen LogP contribution in [0.4, 0.5) is 0 Å². The lowest BCUT2D eigenvalue weighted by Gasteiger charge is -2.17. The van der Waals surface area contributed by atoms with Crippen molar-refractivity contribution in [3.63, 3.8) is 0 Å². The molecule has 1 rings (SSSR count). The second-order valence-electron chi connectivity index (χ2n) is 3.61. The first-order valence-corrected chi connectivity index (χ1v) is 5.45. The lowest BCUT2D eigenvalue weighted by Crippen LogP contribution is -2.25. The zero-order valence-electron chi connectivity index (χ0n) is 8.15. The van der Waals surface area contributed by atoms with E-state index in [-0.39, 0.29) is 10.1 Å². The molecule has 0 radical (unpaired) electrons. The minimum atomic E-state index is -1.29. The number of oxazole rings is 1. The third kappa shape index (κ3) is 3.32. The third-order valence-corrected chi connectivity index (χ3v) is 2.81. The van der Waals surface area contributed by atoms with Crippen molar-refractivity contribution < 1.29 is 8.97 Å². The highest BCUT2D eigenvalue weighted by molar-refractivity contribution is 7.91. The number of aromatic nitrogens is 1. The van der Waals surface area contributed by atoms with Crippen LogP contribution in [-0.2, 0) is 11.4 Å². The average Bonchev–Trinajstić information content (AvgIpc) is 2.45. The Labute approximate surface area is 90.7 Å². The van der Waals surface area contributed by atoms with E-state index in [0.29, 0.717) is 5.76 Å². The van der Waals surface area contributed by atoms with Crippen molar-refractivity contribution >= 4 is 29.2 Å². The SMILES string of the molecule is CC(C)(C)[S+]([O-])N=Cc1cnc(Cl)o1. The summed E-state index contributed by atoms with van der Waals surface area (Å²) in [6.07, 6.45) is 2.78. The Hall–Kier alpha value is -0.520. The molecule has 0 aromatic carbocycles. The van der Waals surface area contributed by atoms with E-state index in [4.69, 9.17) is 16.0 Å². The highest BCUT2D eigenvalue weighted by atomic mass is 35.5. The molecule has 0 aliphatic rings. The van der Waals surface area contributed by atoms with Gasteiger partial charge in [0.1, 0.15) is 22.3 Å². The monoisotopic (exact) mass is 234 g/mol. The average molecular weight is 235 g/mol. The Kier molecular flexibility index (Phi) is 3.58. The van der Waals surface area contributed by atoms with Crippen LogP contribution >= 0.6 is 11.6 Å². The van der Waals surface area contributed by atoms with E-state index in [1.54, 1.807) is 0 Å². The van der Waals surface area contributed by atoms with Gasteiger partial charge in [-0.2, -0.15) is 0 Å². The molecule has 1 aromatic rings. The number of nitrogens with zero attached hydrogens (tertiary/aromatic N) is 2. The molecule has 1 heterocycles.